The Morgan fingerprint density at radius 2 is 2.29 bits per heavy atom. The molecule has 0 bridgehead atoms. The number of nitrogens with two attached hydrogens (primary N) is 1. The maximum absolute atomic E-state index is 11.4. The summed E-state index contributed by atoms with van der Waals surface area (Å²) in [5, 5.41) is 12.0. The van der Waals surface area contributed by atoms with E-state index in [2.05, 4.69) is 5.32 Å². The molecule has 14 heavy (non-hydrogen) atoms. The van der Waals surface area contributed by atoms with Gasteiger partial charge in [0.1, 0.15) is 5.75 Å². The fourth-order valence-corrected chi connectivity index (χ4v) is 1.04. The zero-order valence-electron chi connectivity index (χ0n) is 8.08. The third-order valence-electron chi connectivity index (χ3n) is 1.90. The molecule has 1 amide bonds. The number of phenols is 1. The van der Waals surface area contributed by atoms with Gasteiger partial charge in [-0.2, -0.15) is 0 Å². The molecule has 76 valence electrons. The molecule has 0 aliphatic heterocycles. The van der Waals surface area contributed by atoms with Crippen LogP contribution in [0.2, 0.25) is 0 Å². The van der Waals surface area contributed by atoms with Crippen LogP contribution in [0.4, 0.5) is 0 Å². The number of hydrogen-bond acceptors (Lipinski definition) is 3. The topological polar surface area (TPSA) is 75.4 Å². The number of hydrogen-bond donors (Lipinski definition) is 3. The Labute approximate surface area is 82.7 Å². The molecule has 0 aromatic heterocycles. The highest BCUT2D eigenvalue weighted by atomic mass is 16.3. The quantitative estimate of drug-likeness (QED) is 0.651. The normalized spacial score (nSPS) is 9.86. The lowest BCUT2D eigenvalue weighted by Crippen LogP contribution is -2.28. The Balaban J connectivity index is 2.76. The number of aromatic hydroxyl groups is 1. The van der Waals surface area contributed by atoms with Crippen molar-refractivity contribution >= 4 is 5.91 Å². The number of rotatable bonds is 3. The van der Waals surface area contributed by atoms with E-state index in [9.17, 15) is 9.90 Å². The number of phenolic OH excluding ortho intramolecular Hbond substituents is 1. The van der Waals surface area contributed by atoms with Crippen LogP contribution in [0.15, 0.2) is 18.2 Å². The molecule has 0 radical (unpaired) electrons. The van der Waals surface area contributed by atoms with Gasteiger partial charge in [-0.05, 0) is 24.6 Å². The number of benzene rings is 1. The van der Waals surface area contributed by atoms with Gasteiger partial charge in [-0.15, -0.1) is 0 Å². The summed E-state index contributed by atoms with van der Waals surface area (Å²) in [4.78, 5) is 11.4. The van der Waals surface area contributed by atoms with Gasteiger partial charge in [0, 0.05) is 18.7 Å². The lowest BCUT2D eigenvalue weighted by molar-refractivity contribution is 0.0954. The van der Waals surface area contributed by atoms with Crippen LogP contribution in [0.25, 0.3) is 0 Å². The summed E-state index contributed by atoms with van der Waals surface area (Å²) in [5.74, 6) is -0.0869. The molecule has 4 heteroatoms. The summed E-state index contributed by atoms with van der Waals surface area (Å²) in [7, 11) is 0. The molecule has 1 rings (SSSR count). The third-order valence-corrected chi connectivity index (χ3v) is 1.90. The first-order valence-corrected chi connectivity index (χ1v) is 4.43. The highest BCUT2D eigenvalue weighted by Gasteiger charge is 2.05. The van der Waals surface area contributed by atoms with E-state index in [0.29, 0.717) is 18.7 Å². The van der Waals surface area contributed by atoms with Crippen LogP contribution in [-0.4, -0.2) is 24.1 Å². The molecular weight excluding hydrogens is 180 g/mol. The Kier molecular flexibility index (Phi) is 3.48. The second-order valence-corrected chi connectivity index (χ2v) is 3.05. The third kappa shape index (κ3) is 2.47. The summed E-state index contributed by atoms with van der Waals surface area (Å²) in [5.41, 5.74) is 6.44. The van der Waals surface area contributed by atoms with Crippen molar-refractivity contribution < 1.29 is 9.90 Å². The van der Waals surface area contributed by atoms with Crippen LogP contribution in [-0.2, 0) is 0 Å². The Morgan fingerprint density at radius 1 is 1.57 bits per heavy atom. The van der Waals surface area contributed by atoms with Crippen molar-refractivity contribution in [2.24, 2.45) is 5.73 Å². The molecule has 4 N–H and O–H groups in total. The molecule has 0 aliphatic rings. The summed E-state index contributed by atoms with van der Waals surface area (Å²) in [6.07, 6.45) is 0. The van der Waals surface area contributed by atoms with Crippen LogP contribution in [0.1, 0.15) is 15.9 Å². The van der Waals surface area contributed by atoms with Gasteiger partial charge in [0.25, 0.3) is 5.91 Å². The smallest absolute Gasteiger partial charge is 0.251 e. The fraction of sp³-hybridized carbons (Fsp3) is 0.300. The summed E-state index contributed by atoms with van der Waals surface area (Å²) < 4.78 is 0. The van der Waals surface area contributed by atoms with Gasteiger partial charge in [-0.25, -0.2) is 0 Å². The van der Waals surface area contributed by atoms with Gasteiger partial charge in [-0.3, -0.25) is 4.79 Å². The van der Waals surface area contributed by atoms with Crippen molar-refractivity contribution in [3.63, 3.8) is 0 Å². The molecule has 0 spiro atoms. The molecule has 0 fully saturated rings. The zero-order valence-corrected chi connectivity index (χ0v) is 8.08. The van der Waals surface area contributed by atoms with Crippen LogP contribution < -0.4 is 11.1 Å². The standard InChI is InChI=1S/C10H14N2O2/c1-7-2-3-8(6-9(7)13)10(14)12-5-4-11/h2-3,6,13H,4-5,11H2,1H3,(H,12,14). The van der Waals surface area contributed by atoms with Crippen LogP contribution >= 0.6 is 0 Å². The SMILES string of the molecule is Cc1ccc(C(=O)NCCN)cc1O. The van der Waals surface area contributed by atoms with E-state index in [1.54, 1.807) is 19.1 Å². The Morgan fingerprint density at radius 3 is 2.86 bits per heavy atom. The van der Waals surface area contributed by atoms with Crippen molar-refractivity contribution in [2.45, 2.75) is 6.92 Å². The van der Waals surface area contributed by atoms with E-state index < -0.39 is 0 Å². The largest absolute Gasteiger partial charge is 0.508 e. The van der Waals surface area contributed by atoms with Crippen molar-refractivity contribution in [1.82, 2.24) is 5.32 Å². The molecule has 1 aromatic rings. The molecule has 0 saturated heterocycles. The molecule has 0 saturated carbocycles. The maximum Gasteiger partial charge on any atom is 0.251 e. The lowest BCUT2D eigenvalue weighted by atomic mass is 10.1. The second-order valence-electron chi connectivity index (χ2n) is 3.05. The minimum absolute atomic E-state index is 0.130. The van der Waals surface area contributed by atoms with Crippen molar-refractivity contribution in [1.29, 1.82) is 0 Å². The Hall–Kier alpha value is -1.55. The van der Waals surface area contributed by atoms with E-state index >= 15 is 0 Å². The maximum atomic E-state index is 11.4. The van der Waals surface area contributed by atoms with Gasteiger partial charge in [0.15, 0.2) is 0 Å². The second kappa shape index (κ2) is 4.62. The summed E-state index contributed by atoms with van der Waals surface area (Å²) >= 11 is 0. The highest BCUT2D eigenvalue weighted by molar-refractivity contribution is 5.94. The molecule has 4 nitrogen and oxygen atoms in total. The number of carbonyl (C=O) groups is 1. The number of amides is 1. The summed E-state index contributed by atoms with van der Waals surface area (Å²) in [6.45, 7) is 2.62. The van der Waals surface area contributed by atoms with Gasteiger partial charge >= 0.3 is 0 Å². The van der Waals surface area contributed by atoms with E-state index in [1.807, 2.05) is 0 Å². The molecule has 0 atom stereocenters. The van der Waals surface area contributed by atoms with Gasteiger partial charge < -0.3 is 16.2 Å². The number of aryl methyl sites for hydroxylation is 1. The molecular formula is C10H14N2O2. The first-order chi connectivity index (χ1) is 6.65. The van der Waals surface area contributed by atoms with Gasteiger partial charge in [0.05, 0.1) is 0 Å². The average molecular weight is 194 g/mol. The first-order valence-electron chi connectivity index (χ1n) is 4.43. The van der Waals surface area contributed by atoms with Crippen molar-refractivity contribution in [3.05, 3.63) is 29.3 Å². The monoisotopic (exact) mass is 194 g/mol. The van der Waals surface area contributed by atoms with E-state index in [-0.39, 0.29) is 11.7 Å². The van der Waals surface area contributed by atoms with E-state index in [0.717, 1.165) is 5.56 Å². The average Bonchev–Trinajstić information content (AvgIpc) is 2.18. The predicted octanol–water partition coefficient (Wildman–Crippen LogP) is 0.389. The highest BCUT2D eigenvalue weighted by Crippen LogP contribution is 2.16. The van der Waals surface area contributed by atoms with E-state index in [1.165, 1.54) is 6.07 Å². The fourth-order valence-electron chi connectivity index (χ4n) is 1.04. The van der Waals surface area contributed by atoms with Crippen LogP contribution in [0.5, 0.6) is 5.75 Å². The van der Waals surface area contributed by atoms with Gasteiger partial charge in [0.2, 0.25) is 0 Å². The van der Waals surface area contributed by atoms with Crippen LogP contribution in [0, 0.1) is 6.92 Å². The predicted molar refractivity (Wildman–Crippen MR) is 54.2 cm³/mol. The number of nitrogens with one attached hydrogen (secondary N) is 1. The number of carbonyl (C=O) groups excluding carboxylic acids is 1. The van der Waals surface area contributed by atoms with Crippen molar-refractivity contribution in [2.75, 3.05) is 13.1 Å². The summed E-state index contributed by atoms with van der Waals surface area (Å²) in [6, 6.07) is 4.81. The molecule has 0 aliphatic carbocycles. The van der Waals surface area contributed by atoms with Gasteiger partial charge in [-0.1, -0.05) is 6.07 Å². The van der Waals surface area contributed by atoms with Crippen molar-refractivity contribution in [3.8, 4) is 5.75 Å². The Bertz CT molecular complexity index is 337. The minimum atomic E-state index is -0.217. The molecule has 0 unspecified atom stereocenters. The molecule has 0 heterocycles. The van der Waals surface area contributed by atoms with E-state index in [4.69, 9.17) is 5.73 Å². The first kappa shape index (κ1) is 10.5. The van der Waals surface area contributed by atoms with Crippen LogP contribution in [0.3, 0.4) is 0 Å². The minimum Gasteiger partial charge on any atom is -0.508 e. The lowest BCUT2D eigenvalue weighted by Gasteiger charge is -2.04. The molecule has 1 aromatic carbocycles. The zero-order chi connectivity index (χ0) is 10.6.